The second-order valence-corrected chi connectivity index (χ2v) is 6.07. The number of rotatable bonds is 3. The first-order valence-electron chi connectivity index (χ1n) is 8.15. The monoisotopic (exact) mass is 388 g/mol. The van der Waals surface area contributed by atoms with Crippen molar-refractivity contribution >= 4 is 5.65 Å². The lowest BCUT2D eigenvalue weighted by atomic mass is 10.0. The number of ether oxygens (including phenoxy) is 1. The van der Waals surface area contributed by atoms with Gasteiger partial charge in [0, 0.05) is 11.6 Å². The van der Waals surface area contributed by atoms with Crippen molar-refractivity contribution in [2.45, 2.75) is 13.1 Å². The van der Waals surface area contributed by atoms with Gasteiger partial charge in [-0.3, -0.25) is 0 Å². The third-order valence-corrected chi connectivity index (χ3v) is 3.98. The molecule has 9 heteroatoms. The van der Waals surface area contributed by atoms with Crippen molar-refractivity contribution < 1.29 is 22.3 Å². The van der Waals surface area contributed by atoms with Crippen LogP contribution in [0, 0.1) is 12.7 Å². The Morgan fingerprint density at radius 3 is 2.54 bits per heavy atom. The maximum atomic E-state index is 13.8. The number of hydrogen-bond acceptors (Lipinski definition) is 4. The zero-order valence-electron chi connectivity index (χ0n) is 14.4. The Morgan fingerprint density at radius 1 is 0.964 bits per heavy atom. The Hall–Kier alpha value is -3.49. The van der Waals surface area contributed by atoms with Gasteiger partial charge in [0.25, 0.3) is 5.82 Å². The summed E-state index contributed by atoms with van der Waals surface area (Å²) in [4.78, 5) is 0. The van der Waals surface area contributed by atoms with Crippen molar-refractivity contribution in [2.75, 3.05) is 0 Å². The number of halogens is 4. The van der Waals surface area contributed by atoms with Gasteiger partial charge in [-0.25, -0.2) is 4.39 Å². The molecular weight excluding hydrogens is 376 g/mol. The largest absolute Gasteiger partial charge is 0.453 e. The molecule has 0 saturated heterocycles. The fourth-order valence-electron chi connectivity index (χ4n) is 2.75. The van der Waals surface area contributed by atoms with Gasteiger partial charge in [-0.1, -0.05) is 29.8 Å². The van der Waals surface area contributed by atoms with Gasteiger partial charge in [0.1, 0.15) is 11.6 Å². The molecule has 0 aliphatic rings. The normalized spacial score (nSPS) is 11.8. The first-order chi connectivity index (χ1) is 13.3. The standard InChI is InChI=1S/C19H12F4N4O/c1-11-3-2-4-12(9-11)14-10-13(20)5-6-15(14)28-17-8-7-16-24-25-18(19(21,22)23)27(16)26-17/h2-10H,1H3. The highest BCUT2D eigenvalue weighted by Gasteiger charge is 2.37. The van der Waals surface area contributed by atoms with Crippen molar-refractivity contribution in [2.24, 2.45) is 0 Å². The van der Waals surface area contributed by atoms with E-state index in [0.29, 0.717) is 15.6 Å². The van der Waals surface area contributed by atoms with E-state index in [1.54, 1.807) is 6.07 Å². The molecule has 142 valence electrons. The number of benzene rings is 2. The van der Waals surface area contributed by atoms with Crippen molar-refractivity contribution in [3.8, 4) is 22.8 Å². The smallest absolute Gasteiger partial charge is 0.437 e. The lowest BCUT2D eigenvalue weighted by molar-refractivity contribution is -0.146. The van der Waals surface area contributed by atoms with Crippen LogP contribution < -0.4 is 4.74 Å². The van der Waals surface area contributed by atoms with Gasteiger partial charge in [0.2, 0.25) is 5.88 Å². The summed E-state index contributed by atoms with van der Waals surface area (Å²) in [7, 11) is 0. The minimum atomic E-state index is -4.71. The lowest BCUT2D eigenvalue weighted by Gasteiger charge is -2.12. The summed E-state index contributed by atoms with van der Waals surface area (Å²) in [6.45, 7) is 1.89. The molecule has 0 atom stereocenters. The van der Waals surface area contributed by atoms with Crippen LogP contribution in [0.25, 0.3) is 16.8 Å². The van der Waals surface area contributed by atoms with Crippen LogP contribution in [-0.4, -0.2) is 19.8 Å². The fraction of sp³-hybridized carbons (Fsp3) is 0.105. The Bertz CT molecular complexity index is 1170. The molecule has 4 aromatic rings. The van der Waals surface area contributed by atoms with E-state index in [-0.39, 0.29) is 17.3 Å². The van der Waals surface area contributed by atoms with Gasteiger partial charge >= 0.3 is 6.18 Å². The van der Waals surface area contributed by atoms with E-state index in [1.165, 1.54) is 30.3 Å². The molecule has 0 N–H and O–H groups in total. The molecule has 0 amide bonds. The van der Waals surface area contributed by atoms with E-state index in [4.69, 9.17) is 4.74 Å². The summed E-state index contributed by atoms with van der Waals surface area (Å²) in [5, 5.41) is 10.4. The predicted octanol–water partition coefficient (Wildman–Crippen LogP) is 5.05. The summed E-state index contributed by atoms with van der Waals surface area (Å²) >= 11 is 0. The topological polar surface area (TPSA) is 52.3 Å². The minimum Gasteiger partial charge on any atom is -0.437 e. The number of hydrogen-bond donors (Lipinski definition) is 0. The summed E-state index contributed by atoms with van der Waals surface area (Å²) in [6, 6.07) is 13.9. The van der Waals surface area contributed by atoms with Crippen LogP contribution in [0.1, 0.15) is 11.4 Å². The van der Waals surface area contributed by atoms with Crippen molar-refractivity contribution in [1.82, 2.24) is 19.8 Å². The zero-order valence-corrected chi connectivity index (χ0v) is 14.4. The molecule has 0 aliphatic heterocycles. The van der Waals surface area contributed by atoms with Crippen molar-refractivity contribution in [1.29, 1.82) is 0 Å². The van der Waals surface area contributed by atoms with Crippen LogP contribution in [0.2, 0.25) is 0 Å². The lowest BCUT2D eigenvalue weighted by Crippen LogP contribution is -2.12. The Morgan fingerprint density at radius 2 is 1.79 bits per heavy atom. The van der Waals surface area contributed by atoms with Crippen LogP contribution in [0.4, 0.5) is 17.6 Å². The number of fused-ring (bicyclic) bond motifs is 1. The van der Waals surface area contributed by atoms with Crippen LogP contribution in [-0.2, 0) is 6.18 Å². The van der Waals surface area contributed by atoms with Crippen molar-refractivity contribution in [3.05, 3.63) is 71.8 Å². The number of alkyl halides is 3. The second-order valence-electron chi connectivity index (χ2n) is 6.07. The van der Waals surface area contributed by atoms with Gasteiger partial charge in [0.15, 0.2) is 5.65 Å². The zero-order chi connectivity index (χ0) is 19.9. The summed E-state index contributed by atoms with van der Waals surface area (Å²) in [5.41, 5.74) is 2.05. The molecule has 2 aromatic carbocycles. The first kappa shape index (κ1) is 17.9. The third kappa shape index (κ3) is 3.38. The molecular formula is C19H12F4N4O. The molecule has 0 radical (unpaired) electrons. The molecule has 2 aromatic heterocycles. The second kappa shape index (κ2) is 6.59. The quantitative estimate of drug-likeness (QED) is 0.461. The van der Waals surface area contributed by atoms with Gasteiger partial charge < -0.3 is 4.74 Å². The maximum Gasteiger partial charge on any atom is 0.453 e. The van der Waals surface area contributed by atoms with Crippen LogP contribution in [0.3, 0.4) is 0 Å². The highest BCUT2D eigenvalue weighted by atomic mass is 19.4. The number of aryl methyl sites for hydroxylation is 1. The van der Waals surface area contributed by atoms with Crippen LogP contribution in [0.15, 0.2) is 54.6 Å². The molecule has 0 bridgehead atoms. The Kier molecular flexibility index (Phi) is 4.21. The van der Waals surface area contributed by atoms with Gasteiger partial charge in [-0.2, -0.15) is 17.7 Å². The van der Waals surface area contributed by atoms with Crippen LogP contribution >= 0.6 is 0 Å². The van der Waals surface area contributed by atoms with Gasteiger partial charge in [-0.05, 0) is 36.8 Å². The van der Waals surface area contributed by atoms with Crippen molar-refractivity contribution in [3.63, 3.8) is 0 Å². The average Bonchev–Trinajstić information content (AvgIpc) is 3.07. The molecule has 0 fully saturated rings. The predicted molar refractivity (Wildman–Crippen MR) is 92.4 cm³/mol. The number of aromatic nitrogens is 4. The molecule has 0 spiro atoms. The Labute approximate surface area is 156 Å². The highest BCUT2D eigenvalue weighted by Crippen LogP contribution is 2.34. The third-order valence-electron chi connectivity index (χ3n) is 3.98. The molecule has 28 heavy (non-hydrogen) atoms. The molecule has 0 unspecified atom stereocenters. The van der Waals surface area contributed by atoms with Gasteiger partial charge in [0.05, 0.1) is 0 Å². The Balaban J connectivity index is 1.77. The average molecular weight is 388 g/mol. The molecule has 4 rings (SSSR count). The maximum absolute atomic E-state index is 13.8. The van der Waals surface area contributed by atoms with E-state index in [0.717, 1.165) is 5.56 Å². The molecule has 5 nitrogen and oxygen atoms in total. The molecule has 0 saturated carbocycles. The molecule has 0 aliphatic carbocycles. The van der Waals surface area contributed by atoms with E-state index in [9.17, 15) is 17.6 Å². The fourth-order valence-corrected chi connectivity index (χ4v) is 2.75. The summed E-state index contributed by atoms with van der Waals surface area (Å²) < 4.78 is 59.1. The number of nitrogens with zero attached hydrogens (tertiary/aromatic N) is 4. The van der Waals surface area contributed by atoms with Crippen LogP contribution in [0.5, 0.6) is 11.6 Å². The van der Waals surface area contributed by atoms with E-state index in [2.05, 4.69) is 15.3 Å². The highest BCUT2D eigenvalue weighted by molar-refractivity contribution is 5.71. The van der Waals surface area contributed by atoms with E-state index >= 15 is 0 Å². The van der Waals surface area contributed by atoms with Gasteiger partial charge in [-0.15, -0.1) is 15.3 Å². The summed E-state index contributed by atoms with van der Waals surface area (Å²) in [6.07, 6.45) is -4.71. The summed E-state index contributed by atoms with van der Waals surface area (Å²) in [5.74, 6) is -1.59. The minimum absolute atomic E-state index is 0.0716. The molecule has 2 heterocycles. The van der Waals surface area contributed by atoms with E-state index < -0.39 is 17.8 Å². The first-order valence-corrected chi connectivity index (χ1v) is 8.15. The SMILES string of the molecule is Cc1cccc(-c2cc(F)ccc2Oc2ccc3nnc(C(F)(F)F)n3n2)c1. The van der Waals surface area contributed by atoms with E-state index in [1.807, 2.05) is 25.1 Å².